The second-order valence-corrected chi connectivity index (χ2v) is 2.37. The zero-order valence-electron chi connectivity index (χ0n) is 6.88. The van der Waals surface area contributed by atoms with E-state index in [1.807, 2.05) is 0 Å². The average Bonchev–Trinajstić information content (AvgIpc) is 2.13. The van der Waals surface area contributed by atoms with Crippen LogP contribution in [0.3, 0.4) is 0 Å². The lowest BCUT2D eigenvalue weighted by Crippen LogP contribution is -2.45. The Hall–Kier alpha value is -1.44. The lowest BCUT2D eigenvalue weighted by molar-refractivity contribution is -0.333. The Kier molecular flexibility index (Phi) is 2.96. The normalized spacial score (nSPS) is 16.8. The molecule has 1 aliphatic heterocycles. The van der Waals surface area contributed by atoms with E-state index in [2.05, 4.69) is 5.32 Å². The first-order valence-electron chi connectivity index (χ1n) is 3.67. The molecule has 0 saturated heterocycles. The summed E-state index contributed by atoms with van der Waals surface area (Å²) in [6.07, 6.45) is 2.88. The van der Waals surface area contributed by atoms with E-state index in [4.69, 9.17) is 16.0 Å². The van der Waals surface area contributed by atoms with Crippen molar-refractivity contribution in [2.24, 2.45) is 5.73 Å². The van der Waals surface area contributed by atoms with Crippen LogP contribution in [-0.4, -0.2) is 39.0 Å². The number of nitrogens with two attached hydrogens (primary N) is 1. The molecule has 6 N–H and O–H groups in total. The lowest BCUT2D eigenvalue weighted by Gasteiger charge is -2.30. The van der Waals surface area contributed by atoms with E-state index in [0.29, 0.717) is 10.3 Å². The van der Waals surface area contributed by atoms with Gasteiger partial charge in [0.1, 0.15) is 0 Å². The van der Waals surface area contributed by atoms with E-state index in [-0.39, 0.29) is 24.8 Å². The fourth-order valence-corrected chi connectivity index (χ4v) is 0.823. The molecule has 0 aromatic rings. The van der Waals surface area contributed by atoms with E-state index < -0.39 is 0 Å². The van der Waals surface area contributed by atoms with Gasteiger partial charge >= 0.3 is 0 Å². The van der Waals surface area contributed by atoms with Crippen molar-refractivity contribution in [2.75, 3.05) is 13.2 Å². The van der Waals surface area contributed by atoms with Crippen LogP contribution in [0.15, 0.2) is 23.8 Å². The second kappa shape index (κ2) is 3.99. The van der Waals surface area contributed by atoms with Crippen LogP contribution in [-0.2, 0) is 0 Å². The van der Waals surface area contributed by atoms with Gasteiger partial charge in [-0.3, -0.25) is 10.4 Å². The van der Waals surface area contributed by atoms with Crippen LogP contribution in [0.2, 0.25) is 0 Å². The summed E-state index contributed by atoms with van der Waals surface area (Å²) in [7, 11) is 0. The molecular weight excluding hydrogens is 176 g/mol. The number of aliphatic hydroxyl groups excluding tert-OH is 1. The van der Waals surface area contributed by atoms with Gasteiger partial charge in [-0.1, -0.05) is 0 Å². The summed E-state index contributed by atoms with van der Waals surface area (Å²) in [5.41, 5.74) is 5.27. The molecule has 0 unspecified atom stereocenters. The van der Waals surface area contributed by atoms with Crippen LogP contribution in [0.1, 0.15) is 0 Å². The quantitative estimate of drug-likeness (QED) is 0.368. The van der Waals surface area contributed by atoms with Crippen LogP contribution in [0.5, 0.6) is 0 Å². The van der Waals surface area contributed by atoms with Gasteiger partial charge < -0.3 is 16.2 Å². The molecule has 0 bridgehead atoms. The number of rotatable bonds is 3. The minimum Gasteiger partial charge on any atom is -0.395 e. The average molecular weight is 188 g/mol. The Morgan fingerprint density at radius 1 is 1.31 bits per heavy atom. The molecule has 0 aromatic carbocycles. The van der Waals surface area contributed by atoms with Crippen LogP contribution < -0.4 is 11.1 Å². The number of nitrogens with zero attached hydrogens (tertiary/aromatic N) is 2. The first-order valence-corrected chi connectivity index (χ1v) is 3.67. The van der Waals surface area contributed by atoms with E-state index >= 15 is 0 Å². The highest BCUT2D eigenvalue weighted by atomic mass is 16.7. The Bertz CT molecular complexity index is 240. The van der Waals surface area contributed by atoms with Gasteiger partial charge in [-0.15, -0.1) is 10.3 Å². The third-order valence-electron chi connectivity index (χ3n) is 1.46. The minimum absolute atomic E-state index is 0.00273. The molecule has 1 rings (SSSR count). The van der Waals surface area contributed by atoms with Crippen LogP contribution >= 0.6 is 0 Å². The third kappa shape index (κ3) is 2.02. The highest BCUT2D eigenvalue weighted by molar-refractivity contribution is 5.16. The molecule has 0 spiro atoms. The Labute approximate surface area is 74.8 Å². The van der Waals surface area contributed by atoms with Gasteiger partial charge in [0, 0.05) is 6.54 Å². The van der Waals surface area contributed by atoms with Crippen LogP contribution in [0, 0.1) is 0 Å². The molecule has 74 valence electrons. The predicted molar refractivity (Wildman–Crippen MR) is 42.7 cm³/mol. The van der Waals surface area contributed by atoms with E-state index in [1.165, 1.54) is 12.2 Å². The topological polar surface area (TPSA) is 105 Å². The molecule has 7 nitrogen and oxygen atoms in total. The van der Waals surface area contributed by atoms with Crippen molar-refractivity contribution in [1.82, 2.24) is 15.7 Å². The van der Waals surface area contributed by atoms with Gasteiger partial charge in [0.25, 0.3) is 0 Å². The van der Waals surface area contributed by atoms with Crippen molar-refractivity contribution in [2.45, 2.75) is 0 Å². The smallest absolute Gasteiger partial charge is 0.153 e. The highest BCUT2D eigenvalue weighted by Gasteiger charge is 2.18. The van der Waals surface area contributed by atoms with Gasteiger partial charge in [0.2, 0.25) is 0 Å². The Morgan fingerprint density at radius 2 is 2.00 bits per heavy atom. The first kappa shape index (κ1) is 9.65. The van der Waals surface area contributed by atoms with Crippen molar-refractivity contribution in [3.8, 4) is 0 Å². The summed E-state index contributed by atoms with van der Waals surface area (Å²) in [4.78, 5) is 0. The molecule has 13 heavy (non-hydrogen) atoms. The van der Waals surface area contributed by atoms with Gasteiger partial charge in [-0.25, -0.2) is 0 Å². The van der Waals surface area contributed by atoms with Gasteiger partial charge in [0.15, 0.2) is 11.6 Å². The molecule has 1 aliphatic rings. The zero-order chi connectivity index (χ0) is 9.84. The molecule has 0 radical (unpaired) electrons. The van der Waals surface area contributed by atoms with E-state index in [0.717, 1.165) is 0 Å². The van der Waals surface area contributed by atoms with Crippen molar-refractivity contribution < 1.29 is 15.5 Å². The van der Waals surface area contributed by atoms with Crippen molar-refractivity contribution in [3.63, 3.8) is 0 Å². The van der Waals surface area contributed by atoms with Crippen LogP contribution in [0.25, 0.3) is 0 Å². The number of aliphatic hydroxyl groups is 1. The minimum atomic E-state index is -0.0736. The number of nitrogens with one attached hydrogen (secondary N) is 1. The van der Waals surface area contributed by atoms with Crippen LogP contribution in [0.4, 0.5) is 0 Å². The summed E-state index contributed by atoms with van der Waals surface area (Å²) in [6, 6.07) is 0. The maximum atomic E-state index is 9.21. The largest absolute Gasteiger partial charge is 0.395 e. The molecule has 7 heteroatoms. The number of hydroxylamine groups is 2. The zero-order valence-corrected chi connectivity index (χ0v) is 6.88. The van der Waals surface area contributed by atoms with Gasteiger partial charge in [0.05, 0.1) is 6.61 Å². The molecule has 0 fully saturated rings. The van der Waals surface area contributed by atoms with E-state index in [9.17, 15) is 5.21 Å². The lowest BCUT2D eigenvalue weighted by atomic mass is 10.4. The monoisotopic (exact) mass is 188 g/mol. The number of allylic oxidation sites excluding steroid dienone is 2. The summed E-state index contributed by atoms with van der Waals surface area (Å²) < 4.78 is 0. The fraction of sp³-hybridized carbons (Fsp3) is 0.333. The standard InChI is InChI=1S/C6H12N4O3/c7-5-1-2-6(8-3-4-11)10(13)9(5)12/h1-2,8,11-13H,3-4,7H2. The molecule has 0 aromatic heterocycles. The molecule has 0 saturated carbocycles. The Balaban J connectivity index is 2.63. The molecule has 0 atom stereocenters. The number of hydrogen-bond donors (Lipinski definition) is 5. The summed E-state index contributed by atoms with van der Waals surface area (Å²) in [5.74, 6) is 0.225. The van der Waals surface area contributed by atoms with Crippen molar-refractivity contribution in [3.05, 3.63) is 23.8 Å². The molecule has 1 heterocycles. The fourth-order valence-electron chi connectivity index (χ4n) is 0.823. The third-order valence-corrected chi connectivity index (χ3v) is 1.46. The predicted octanol–water partition coefficient (Wildman–Crippen LogP) is -1.48. The SMILES string of the molecule is NC1=CC=C(NCCO)N(O)N1O. The molecule has 0 aliphatic carbocycles. The summed E-state index contributed by atoms with van der Waals surface area (Å²) in [5, 5.41) is 30.3. The number of hydrogen-bond acceptors (Lipinski definition) is 7. The maximum absolute atomic E-state index is 9.21. The molecule has 0 amide bonds. The first-order chi connectivity index (χ1) is 6.16. The Morgan fingerprint density at radius 3 is 2.62 bits per heavy atom. The number of hydrazine groups is 1. The van der Waals surface area contributed by atoms with Crippen molar-refractivity contribution >= 4 is 0 Å². The highest BCUT2D eigenvalue weighted by Crippen LogP contribution is 2.10. The summed E-state index contributed by atoms with van der Waals surface area (Å²) >= 11 is 0. The molecular formula is C6H12N4O3. The van der Waals surface area contributed by atoms with Gasteiger partial charge in [-0.05, 0) is 12.2 Å². The van der Waals surface area contributed by atoms with Gasteiger partial charge in [-0.2, -0.15) is 0 Å². The summed E-state index contributed by atoms with van der Waals surface area (Å²) in [6.45, 7) is 0.195. The second-order valence-electron chi connectivity index (χ2n) is 2.37. The maximum Gasteiger partial charge on any atom is 0.153 e. The van der Waals surface area contributed by atoms with Crippen molar-refractivity contribution in [1.29, 1.82) is 0 Å². The van der Waals surface area contributed by atoms with E-state index in [1.54, 1.807) is 0 Å².